The van der Waals surface area contributed by atoms with Crippen LogP contribution in [0.2, 0.25) is 0 Å². The van der Waals surface area contributed by atoms with Crippen molar-refractivity contribution in [3.8, 4) is 5.75 Å². The van der Waals surface area contributed by atoms with E-state index in [4.69, 9.17) is 9.72 Å². The summed E-state index contributed by atoms with van der Waals surface area (Å²) in [5.41, 5.74) is 3.61. The van der Waals surface area contributed by atoms with E-state index >= 15 is 0 Å². The zero-order chi connectivity index (χ0) is 29.2. The molecule has 0 bridgehead atoms. The minimum absolute atomic E-state index is 0.0483. The molecule has 2 fully saturated rings. The zero-order valence-electron chi connectivity index (χ0n) is 23.9. The van der Waals surface area contributed by atoms with Crippen LogP contribution in [-0.4, -0.2) is 82.5 Å². The summed E-state index contributed by atoms with van der Waals surface area (Å²) in [6, 6.07) is 15.5. The molecule has 0 saturated carbocycles. The first kappa shape index (κ1) is 28.1. The highest BCUT2D eigenvalue weighted by Crippen LogP contribution is 2.31. The van der Waals surface area contributed by atoms with Gasteiger partial charge < -0.3 is 19.6 Å². The molecule has 3 aliphatic rings. The summed E-state index contributed by atoms with van der Waals surface area (Å²) in [5.74, 6) is 0.749. The number of hydrogen-bond donors (Lipinski definition) is 2. The Hall–Kier alpha value is -4.02. The van der Waals surface area contributed by atoms with Gasteiger partial charge in [-0.05, 0) is 72.9 Å². The molecule has 2 saturated heterocycles. The fourth-order valence-electron chi connectivity index (χ4n) is 6.28. The van der Waals surface area contributed by atoms with E-state index in [-0.39, 0.29) is 30.9 Å². The molecular formula is C32H37N5O5. The number of anilines is 1. The number of nitrogens with one attached hydrogen (secondary N) is 1. The smallest absolute Gasteiger partial charge is 0.255 e. The average molecular weight is 572 g/mol. The maximum atomic E-state index is 13.0. The Kier molecular flexibility index (Phi) is 8.08. The second-order valence-corrected chi connectivity index (χ2v) is 11.4. The number of pyridine rings is 1. The normalized spacial score (nSPS) is 20.7. The fourth-order valence-corrected chi connectivity index (χ4v) is 6.28. The van der Waals surface area contributed by atoms with E-state index in [2.05, 4.69) is 46.3 Å². The number of nitrogens with zero attached hydrogens (tertiary/aromatic N) is 4. The van der Waals surface area contributed by atoms with Crippen molar-refractivity contribution < 1.29 is 24.2 Å². The number of imide groups is 1. The van der Waals surface area contributed by atoms with Gasteiger partial charge in [0.25, 0.3) is 5.91 Å². The van der Waals surface area contributed by atoms with E-state index in [9.17, 15) is 19.5 Å². The Morgan fingerprint density at radius 1 is 1.07 bits per heavy atom. The van der Waals surface area contributed by atoms with Gasteiger partial charge in [0.1, 0.15) is 23.7 Å². The molecule has 4 heterocycles. The van der Waals surface area contributed by atoms with Crippen LogP contribution in [0.1, 0.15) is 54.1 Å². The number of carbonyl (C=O) groups excluding carboxylic acids is 3. The Balaban J connectivity index is 1.05. The summed E-state index contributed by atoms with van der Waals surface area (Å²) in [6.45, 7) is 6.56. The van der Waals surface area contributed by atoms with Crippen LogP contribution in [0.4, 0.5) is 5.82 Å². The molecule has 0 radical (unpaired) electrons. The van der Waals surface area contributed by atoms with Crippen LogP contribution in [0.15, 0.2) is 48.5 Å². The number of carbonyl (C=O) groups is 3. The van der Waals surface area contributed by atoms with Gasteiger partial charge >= 0.3 is 0 Å². The number of aromatic nitrogens is 1. The Labute approximate surface area is 245 Å². The second kappa shape index (κ2) is 12.1. The number of aliphatic hydroxyl groups excluding tert-OH is 1. The van der Waals surface area contributed by atoms with Gasteiger partial charge in [0.2, 0.25) is 11.8 Å². The molecule has 2 unspecified atom stereocenters. The lowest BCUT2D eigenvalue weighted by Gasteiger charge is -2.29. The van der Waals surface area contributed by atoms with Crippen LogP contribution in [-0.2, 0) is 22.7 Å². The molecule has 220 valence electrons. The van der Waals surface area contributed by atoms with E-state index in [1.807, 2.05) is 18.2 Å². The number of aliphatic hydroxyl groups is 1. The van der Waals surface area contributed by atoms with Crippen LogP contribution in [0.25, 0.3) is 10.9 Å². The van der Waals surface area contributed by atoms with Gasteiger partial charge in [-0.25, -0.2) is 4.98 Å². The number of hydrogen-bond acceptors (Lipinski definition) is 8. The van der Waals surface area contributed by atoms with Crippen LogP contribution in [0, 0.1) is 0 Å². The van der Waals surface area contributed by atoms with Crippen LogP contribution in [0.3, 0.4) is 0 Å². The summed E-state index contributed by atoms with van der Waals surface area (Å²) in [6.07, 6.45) is 2.54. The van der Waals surface area contributed by atoms with Crippen LogP contribution >= 0.6 is 0 Å². The molecule has 1 aromatic heterocycles. The van der Waals surface area contributed by atoms with Gasteiger partial charge in [-0.2, -0.15) is 0 Å². The molecular weight excluding hydrogens is 534 g/mol. The summed E-state index contributed by atoms with van der Waals surface area (Å²) in [4.78, 5) is 47.7. The first-order chi connectivity index (χ1) is 20.4. The lowest BCUT2D eigenvalue weighted by Crippen LogP contribution is -2.52. The highest BCUT2D eigenvalue weighted by Gasteiger charge is 2.39. The topological polar surface area (TPSA) is 115 Å². The number of amides is 3. The van der Waals surface area contributed by atoms with E-state index in [0.29, 0.717) is 25.1 Å². The summed E-state index contributed by atoms with van der Waals surface area (Å²) in [5, 5.41) is 12.9. The predicted octanol–water partition coefficient (Wildman–Crippen LogP) is 2.86. The lowest BCUT2D eigenvalue weighted by molar-refractivity contribution is -0.136. The molecule has 2 N–H and O–H groups in total. The highest BCUT2D eigenvalue weighted by atomic mass is 16.5. The molecule has 0 spiro atoms. The van der Waals surface area contributed by atoms with E-state index < -0.39 is 11.9 Å². The van der Waals surface area contributed by atoms with Crippen molar-refractivity contribution in [1.29, 1.82) is 0 Å². The number of ether oxygens (including phenoxy) is 1. The van der Waals surface area contributed by atoms with Gasteiger partial charge in [0, 0.05) is 56.6 Å². The molecule has 0 aliphatic carbocycles. The summed E-state index contributed by atoms with van der Waals surface area (Å²) >= 11 is 0. The molecule has 3 aromatic rings. The van der Waals surface area contributed by atoms with Gasteiger partial charge in [0.15, 0.2) is 0 Å². The summed E-state index contributed by atoms with van der Waals surface area (Å²) < 4.78 is 6.34. The largest absolute Gasteiger partial charge is 0.489 e. The first-order valence-corrected chi connectivity index (χ1v) is 14.8. The quantitative estimate of drug-likeness (QED) is 0.357. The molecule has 10 nitrogen and oxygen atoms in total. The minimum atomic E-state index is -0.620. The van der Waals surface area contributed by atoms with Gasteiger partial charge in [-0.1, -0.05) is 13.0 Å². The number of fused-ring (bicyclic) bond motifs is 2. The van der Waals surface area contributed by atoms with Crippen LogP contribution in [0.5, 0.6) is 5.75 Å². The Bertz CT molecular complexity index is 1500. The Morgan fingerprint density at radius 2 is 1.95 bits per heavy atom. The van der Waals surface area contributed by atoms with Crippen molar-refractivity contribution in [3.05, 3.63) is 65.2 Å². The zero-order valence-corrected chi connectivity index (χ0v) is 23.9. The maximum Gasteiger partial charge on any atom is 0.255 e. The monoisotopic (exact) mass is 571 g/mol. The summed E-state index contributed by atoms with van der Waals surface area (Å²) in [7, 11) is 0. The highest BCUT2D eigenvalue weighted by molar-refractivity contribution is 6.05. The van der Waals surface area contributed by atoms with Crippen molar-refractivity contribution >= 4 is 34.4 Å². The average Bonchev–Trinajstić information content (AvgIpc) is 3.55. The SMILES string of the molecule is CCCN(CCO)c1ccc2cc(CN3CCC(Oc4ccc5c(c4)CN(C4CCC(=O)NC4=O)C5=O)C3)ccc2n1. The number of piperidine rings is 1. The fraction of sp³-hybridized carbons (Fsp3) is 0.438. The lowest BCUT2D eigenvalue weighted by atomic mass is 10.0. The number of rotatable bonds is 10. The maximum absolute atomic E-state index is 13.0. The third-order valence-corrected chi connectivity index (χ3v) is 8.36. The second-order valence-electron chi connectivity index (χ2n) is 11.4. The third kappa shape index (κ3) is 5.82. The number of likely N-dealkylation sites (tertiary alicyclic amines) is 1. The van der Waals surface area contributed by atoms with Crippen molar-refractivity contribution in [2.45, 2.75) is 57.8 Å². The third-order valence-electron chi connectivity index (χ3n) is 8.36. The first-order valence-electron chi connectivity index (χ1n) is 14.8. The van der Waals surface area contributed by atoms with Crippen molar-refractivity contribution in [2.24, 2.45) is 0 Å². The van der Waals surface area contributed by atoms with Crippen LogP contribution < -0.4 is 15.0 Å². The van der Waals surface area contributed by atoms with E-state index in [1.54, 1.807) is 11.0 Å². The Morgan fingerprint density at radius 3 is 2.76 bits per heavy atom. The molecule has 3 aliphatic heterocycles. The molecule has 6 rings (SSSR count). The molecule has 2 atom stereocenters. The van der Waals surface area contributed by atoms with Crippen molar-refractivity contribution in [2.75, 3.05) is 37.7 Å². The van der Waals surface area contributed by atoms with Gasteiger partial charge in [-0.3, -0.25) is 24.6 Å². The van der Waals surface area contributed by atoms with Crippen molar-refractivity contribution in [3.63, 3.8) is 0 Å². The van der Waals surface area contributed by atoms with Gasteiger partial charge in [-0.15, -0.1) is 0 Å². The minimum Gasteiger partial charge on any atom is -0.489 e. The standard InChI is InChI=1S/C32H37N5O5/c1-2-12-36(14-15-38)29-9-4-22-16-21(3-7-27(22)33-29)18-35-13-11-25(20-35)42-24-5-6-26-23(17-24)19-37(32(26)41)28-8-10-30(39)34-31(28)40/h3-7,9,16-17,25,28,38H,2,8,10-15,18-20H2,1H3,(H,34,39,40). The molecule has 42 heavy (non-hydrogen) atoms. The molecule has 10 heteroatoms. The van der Waals surface area contributed by atoms with E-state index in [1.165, 1.54) is 5.56 Å². The van der Waals surface area contributed by atoms with Gasteiger partial charge in [0.05, 0.1) is 12.1 Å². The van der Waals surface area contributed by atoms with E-state index in [0.717, 1.165) is 67.1 Å². The molecule has 2 aromatic carbocycles. The molecule has 3 amide bonds. The van der Waals surface area contributed by atoms with Crippen molar-refractivity contribution in [1.82, 2.24) is 20.1 Å². The number of benzene rings is 2. The predicted molar refractivity (Wildman–Crippen MR) is 158 cm³/mol.